The number of amides is 1. The standard InChI is InChI=1S/C19H24N2O2.ClH/c1-15-8-10-17(11-9-15)23-13-12-21(2)19(22)18(20)14-16-6-4-3-5-7-16;/h3-11,18H,12-14,20H2,1-2H3;1H. The smallest absolute Gasteiger partial charge is 0.239 e. The van der Waals surface area contributed by atoms with Crippen molar-refractivity contribution in [3.8, 4) is 5.75 Å². The van der Waals surface area contributed by atoms with Crippen LogP contribution >= 0.6 is 12.4 Å². The Morgan fingerprint density at radius 3 is 2.38 bits per heavy atom. The van der Waals surface area contributed by atoms with Crippen LogP contribution in [-0.4, -0.2) is 37.0 Å². The number of carbonyl (C=O) groups is 1. The normalized spacial score (nSPS) is 11.3. The van der Waals surface area contributed by atoms with Crippen LogP contribution in [0.25, 0.3) is 0 Å². The van der Waals surface area contributed by atoms with E-state index < -0.39 is 6.04 Å². The number of ether oxygens (including phenoxy) is 1. The maximum Gasteiger partial charge on any atom is 0.239 e. The SMILES string of the molecule is Cc1ccc(OCCN(C)C(=O)C(N)Cc2ccccc2)cc1.Cl. The maximum atomic E-state index is 12.3. The highest BCUT2D eigenvalue weighted by atomic mass is 35.5. The summed E-state index contributed by atoms with van der Waals surface area (Å²) in [5, 5.41) is 0. The Morgan fingerprint density at radius 1 is 1.12 bits per heavy atom. The van der Waals surface area contributed by atoms with Gasteiger partial charge in [0.25, 0.3) is 0 Å². The Balaban J connectivity index is 0.00000288. The molecule has 0 aromatic heterocycles. The summed E-state index contributed by atoms with van der Waals surface area (Å²) < 4.78 is 5.65. The molecule has 0 saturated carbocycles. The fraction of sp³-hybridized carbons (Fsp3) is 0.316. The quantitative estimate of drug-likeness (QED) is 0.837. The van der Waals surface area contributed by atoms with E-state index in [0.717, 1.165) is 11.3 Å². The molecular formula is C19H25ClN2O2. The molecule has 0 aliphatic carbocycles. The second kappa shape index (κ2) is 9.96. The first-order chi connectivity index (χ1) is 11.1. The molecule has 0 saturated heterocycles. The van der Waals surface area contributed by atoms with Crippen LogP contribution in [0.5, 0.6) is 5.75 Å². The largest absolute Gasteiger partial charge is 0.492 e. The van der Waals surface area contributed by atoms with Crippen molar-refractivity contribution >= 4 is 18.3 Å². The molecule has 2 aromatic rings. The second-order valence-corrected chi connectivity index (χ2v) is 5.72. The number of halogens is 1. The van der Waals surface area contributed by atoms with Gasteiger partial charge in [0.2, 0.25) is 5.91 Å². The maximum absolute atomic E-state index is 12.3. The minimum atomic E-state index is -0.526. The van der Waals surface area contributed by atoms with Gasteiger partial charge in [0.15, 0.2) is 0 Å². The van der Waals surface area contributed by atoms with Crippen molar-refractivity contribution < 1.29 is 9.53 Å². The van der Waals surface area contributed by atoms with Crippen molar-refractivity contribution in [2.75, 3.05) is 20.2 Å². The Morgan fingerprint density at radius 2 is 1.75 bits per heavy atom. The van der Waals surface area contributed by atoms with Crippen molar-refractivity contribution in [2.45, 2.75) is 19.4 Å². The predicted molar refractivity (Wildman–Crippen MR) is 99.7 cm³/mol. The van der Waals surface area contributed by atoms with Gasteiger partial charge < -0.3 is 15.4 Å². The van der Waals surface area contributed by atoms with Gasteiger partial charge in [-0.3, -0.25) is 4.79 Å². The zero-order valence-corrected chi connectivity index (χ0v) is 15.0. The van der Waals surface area contributed by atoms with Gasteiger partial charge in [-0.2, -0.15) is 0 Å². The summed E-state index contributed by atoms with van der Waals surface area (Å²) in [5.74, 6) is 0.742. The fourth-order valence-corrected chi connectivity index (χ4v) is 2.28. The molecule has 0 radical (unpaired) electrons. The van der Waals surface area contributed by atoms with Crippen molar-refractivity contribution in [1.82, 2.24) is 4.90 Å². The van der Waals surface area contributed by atoms with Crippen molar-refractivity contribution in [3.63, 3.8) is 0 Å². The lowest BCUT2D eigenvalue weighted by atomic mass is 10.1. The van der Waals surface area contributed by atoms with Gasteiger partial charge in [-0.25, -0.2) is 0 Å². The Bertz CT molecular complexity index is 617. The van der Waals surface area contributed by atoms with E-state index in [0.29, 0.717) is 19.6 Å². The molecule has 2 rings (SSSR count). The monoisotopic (exact) mass is 348 g/mol. The average Bonchev–Trinajstić information content (AvgIpc) is 2.56. The highest BCUT2D eigenvalue weighted by Gasteiger charge is 2.18. The molecule has 0 aliphatic rings. The van der Waals surface area contributed by atoms with Crippen molar-refractivity contribution in [2.24, 2.45) is 5.73 Å². The van der Waals surface area contributed by atoms with Gasteiger partial charge in [0.05, 0.1) is 12.6 Å². The van der Waals surface area contributed by atoms with Crippen LogP contribution in [-0.2, 0) is 11.2 Å². The molecule has 0 aliphatic heterocycles. The molecule has 0 spiro atoms. The van der Waals surface area contributed by atoms with Crippen LogP contribution in [0, 0.1) is 6.92 Å². The third-order valence-electron chi connectivity index (χ3n) is 3.71. The number of nitrogens with two attached hydrogens (primary N) is 1. The van der Waals surface area contributed by atoms with E-state index in [-0.39, 0.29) is 18.3 Å². The van der Waals surface area contributed by atoms with Gasteiger partial charge in [0, 0.05) is 7.05 Å². The number of rotatable bonds is 7. The molecule has 24 heavy (non-hydrogen) atoms. The zero-order valence-electron chi connectivity index (χ0n) is 14.1. The summed E-state index contributed by atoms with van der Waals surface area (Å²) in [6.07, 6.45) is 0.544. The lowest BCUT2D eigenvalue weighted by molar-refractivity contribution is -0.131. The predicted octanol–water partition coefficient (Wildman–Crippen LogP) is 2.82. The average molecular weight is 349 g/mol. The zero-order chi connectivity index (χ0) is 16.7. The van der Waals surface area contributed by atoms with Gasteiger partial charge in [0.1, 0.15) is 12.4 Å². The summed E-state index contributed by atoms with van der Waals surface area (Å²) in [6, 6.07) is 17.1. The van der Waals surface area contributed by atoms with Gasteiger partial charge >= 0.3 is 0 Å². The van der Waals surface area contributed by atoms with Crippen LogP contribution in [0.3, 0.4) is 0 Å². The number of hydrogen-bond donors (Lipinski definition) is 1. The van der Waals surface area contributed by atoms with E-state index in [1.54, 1.807) is 11.9 Å². The molecule has 1 unspecified atom stereocenters. The third-order valence-corrected chi connectivity index (χ3v) is 3.71. The highest BCUT2D eigenvalue weighted by Crippen LogP contribution is 2.11. The number of nitrogens with zero attached hydrogens (tertiary/aromatic N) is 1. The summed E-state index contributed by atoms with van der Waals surface area (Å²) in [7, 11) is 1.76. The lowest BCUT2D eigenvalue weighted by Crippen LogP contribution is -2.44. The molecule has 0 bridgehead atoms. The van der Waals surface area contributed by atoms with Crippen LogP contribution in [0.1, 0.15) is 11.1 Å². The molecule has 4 nitrogen and oxygen atoms in total. The minimum absolute atomic E-state index is 0. The van der Waals surface area contributed by atoms with Gasteiger partial charge in [-0.05, 0) is 31.0 Å². The Hall–Kier alpha value is -2.04. The molecule has 2 aromatic carbocycles. The second-order valence-electron chi connectivity index (χ2n) is 5.72. The molecule has 5 heteroatoms. The summed E-state index contributed by atoms with van der Waals surface area (Å²) >= 11 is 0. The van der Waals surface area contributed by atoms with E-state index in [2.05, 4.69) is 0 Å². The fourth-order valence-electron chi connectivity index (χ4n) is 2.28. The van der Waals surface area contributed by atoms with Crippen LogP contribution in [0.2, 0.25) is 0 Å². The molecule has 1 atom stereocenters. The van der Waals surface area contributed by atoms with E-state index >= 15 is 0 Å². The van der Waals surface area contributed by atoms with E-state index in [1.807, 2.05) is 61.5 Å². The number of hydrogen-bond acceptors (Lipinski definition) is 3. The lowest BCUT2D eigenvalue weighted by Gasteiger charge is -2.21. The molecule has 130 valence electrons. The Labute approximate surface area is 150 Å². The van der Waals surface area contributed by atoms with Crippen LogP contribution in [0.15, 0.2) is 54.6 Å². The molecule has 0 heterocycles. The van der Waals surface area contributed by atoms with E-state index in [4.69, 9.17) is 10.5 Å². The number of aryl methyl sites for hydroxylation is 1. The van der Waals surface area contributed by atoms with E-state index in [9.17, 15) is 4.79 Å². The minimum Gasteiger partial charge on any atom is -0.492 e. The van der Waals surface area contributed by atoms with Crippen LogP contribution < -0.4 is 10.5 Å². The number of likely N-dealkylation sites (N-methyl/N-ethyl adjacent to an activating group) is 1. The van der Waals surface area contributed by atoms with Gasteiger partial charge in [-0.15, -0.1) is 12.4 Å². The van der Waals surface area contributed by atoms with Crippen molar-refractivity contribution in [1.29, 1.82) is 0 Å². The summed E-state index contributed by atoms with van der Waals surface area (Å²) in [5.41, 5.74) is 8.28. The first kappa shape index (κ1) is 20.0. The number of carbonyl (C=O) groups excluding carboxylic acids is 1. The van der Waals surface area contributed by atoms with Gasteiger partial charge in [-0.1, -0.05) is 48.0 Å². The Kier molecular flexibility index (Phi) is 8.30. The molecule has 0 fully saturated rings. The van der Waals surface area contributed by atoms with Crippen molar-refractivity contribution in [3.05, 3.63) is 65.7 Å². The molecular weight excluding hydrogens is 324 g/mol. The van der Waals surface area contributed by atoms with E-state index in [1.165, 1.54) is 5.56 Å². The first-order valence-corrected chi connectivity index (χ1v) is 7.80. The van der Waals surface area contributed by atoms with Crippen LogP contribution in [0.4, 0.5) is 0 Å². The molecule has 2 N–H and O–H groups in total. The molecule has 1 amide bonds. The summed E-state index contributed by atoms with van der Waals surface area (Å²) in [4.78, 5) is 13.9. The number of benzene rings is 2. The topological polar surface area (TPSA) is 55.6 Å². The summed E-state index contributed by atoms with van der Waals surface area (Å²) in [6.45, 7) is 2.99. The third kappa shape index (κ3) is 6.22. The first-order valence-electron chi connectivity index (χ1n) is 7.80. The highest BCUT2D eigenvalue weighted by molar-refractivity contribution is 5.85.